The highest BCUT2D eigenvalue weighted by molar-refractivity contribution is 7.80. The Labute approximate surface area is 101 Å². The van der Waals surface area contributed by atoms with E-state index in [1.165, 1.54) is 19.3 Å². The fraction of sp³-hybridized carbons (Fsp3) is 0.500. The van der Waals surface area contributed by atoms with Crippen molar-refractivity contribution in [1.82, 2.24) is 4.98 Å². The van der Waals surface area contributed by atoms with Crippen LogP contribution in [0, 0.1) is 0 Å². The van der Waals surface area contributed by atoms with E-state index in [0.29, 0.717) is 4.99 Å². The second-order valence-electron chi connectivity index (χ2n) is 4.41. The molecule has 0 atom stereocenters. The summed E-state index contributed by atoms with van der Waals surface area (Å²) in [7, 11) is 0. The average molecular weight is 235 g/mol. The molecule has 1 heterocycles. The van der Waals surface area contributed by atoms with Gasteiger partial charge in [0.2, 0.25) is 0 Å². The first-order chi connectivity index (χ1) is 7.65. The molecule has 1 saturated carbocycles. The van der Waals surface area contributed by atoms with Crippen LogP contribution in [0.5, 0.6) is 0 Å². The van der Waals surface area contributed by atoms with Gasteiger partial charge in [-0.05, 0) is 37.8 Å². The minimum Gasteiger partial charge on any atom is -0.389 e. The second kappa shape index (κ2) is 4.37. The predicted molar refractivity (Wildman–Crippen MR) is 70.6 cm³/mol. The number of thiocarbonyl (C=S) groups is 1. The number of pyridine rings is 1. The van der Waals surface area contributed by atoms with Crippen LogP contribution in [0.15, 0.2) is 18.3 Å². The summed E-state index contributed by atoms with van der Waals surface area (Å²) in [6.45, 7) is 2.21. The Balaban J connectivity index is 2.15. The van der Waals surface area contributed by atoms with Crippen LogP contribution in [0.3, 0.4) is 0 Å². The first-order valence-electron chi connectivity index (χ1n) is 5.69. The Morgan fingerprint density at radius 1 is 1.62 bits per heavy atom. The van der Waals surface area contributed by atoms with E-state index in [1.807, 2.05) is 12.1 Å². The zero-order chi connectivity index (χ0) is 11.6. The zero-order valence-corrected chi connectivity index (χ0v) is 10.3. The van der Waals surface area contributed by atoms with Gasteiger partial charge in [-0.1, -0.05) is 19.1 Å². The molecule has 0 radical (unpaired) electrons. The maximum atomic E-state index is 5.60. The SMILES string of the molecule is CCC1(Nc2cc(C(N)=S)ccn2)CCC1. The summed E-state index contributed by atoms with van der Waals surface area (Å²) in [6, 6.07) is 3.77. The van der Waals surface area contributed by atoms with Crippen molar-refractivity contribution >= 4 is 23.0 Å². The third kappa shape index (κ3) is 2.16. The third-order valence-electron chi connectivity index (χ3n) is 3.43. The molecule has 1 aromatic rings. The van der Waals surface area contributed by atoms with Crippen LogP contribution < -0.4 is 11.1 Å². The molecule has 0 amide bonds. The number of aromatic nitrogens is 1. The molecule has 0 bridgehead atoms. The standard InChI is InChI=1S/C12H17N3S/c1-2-12(5-3-6-12)15-10-8-9(11(13)16)4-7-14-10/h4,7-8H,2-3,5-6H2,1H3,(H2,13,16)(H,14,15). The molecule has 3 nitrogen and oxygen atoms in total. The van der Waals surface area contributed by atoms with Gasteiger partial charge in [-0.25, -0.2) is 4.98 Å². The Hall–Kier alpha value is -1.16. The summed E-state index contributed by atoms with van der Waals surface area (Å²) in [4.78, 5) is 4.73. The van der Waals surface area contributed by atoms with Gasteiger partial charge in [-0.2, -0.15) is 0 Å². The summed E-state index contributed by atoms with van der Waals surface area (Å²) in [6.07, 6.45) is 6.63. The van der Waals surface area contributed by atoms with Crippen molar-refractivity contribution in [3.63, 3.8) is 0 Å². The normalized spacial score (nSPS) is 17.6. The lowest BCUT2D eigenvalue weighted by atomic mass is 9.75. The quantitative estimate of drug-likeness (QED) is 0.787. The van der Waals surface area contributed by atoms with Crippen molar-refractivity contribution in [2.45, 2.75) is 38.1 Å². The first kappa shape index (κ1) is 11.3. The Morgan fingerprint density at radius 2 is 2.38 bits per heavy atom. The van der Waals surface area contributed by atoms with Crippen LogP contribution in [0.25, 0.3) is 0 Å². The first-order valence-corrected chi connectivity index (χ1v) is 6.10. The van der Waals surface area contributed by atoms with Gasteiger partial charge in [0, 0.05) is 17.3 Å². The van der Waals surface area contributed by atoms with Gasteiger partial charge in [-0.3, -0.25) is 0 Å². The highest BCUT2D eigenvalue weighted by Gasteiger charge is 2.35. The lowest BCUT2D eigenvalue weighted by molar-refractivity contribution is 0.269. The molecule has 1 aliphatic rings. The van der Waals surface area contributed by atoms with E-state index in [9.17, 15) is 0 Å². The lowest BCUT2D eigenvalue weighted by Gasteiger charge is -2.42. The van der Waals surface area contributed by atoms with Gasteiger partial charge < -0.3 is 11.1 Å². The van der Waals surface area contributed by atoms with E-state index in [4.69, 9.17) is 18.0 Å². The molecule has 86 valence electrons. The number of nitrogens with two attached hydrogens (primary N) is 1. The molecular formula is C12H17N3S. The van der Waals surface area contributed by atoms with Crippen molar-refractivity contribution in [1.29, 1.82) is 0 Å². The summed E-state index contributed by atoms with van der Waals surface area (Å²) < 4.78 is 0. The molecule has 3 N–H and O–H groups in total. The van der Waals surface area contributed by atoms with Crippen LogP contribution in [0.1, 0.15) is 38.2 Å². The van der Waals surface area contributed by atoms with Crippen LogP contribution in [-0.4, -0.2) is 15.5 Å². The van der Waals surface area contributed by atoms with Gasteiger partial charge in [0.25, 0.3) is 0 Å². The summed E-state index contributed by atoms with van der Waals surface area (Å²) in [5, 5.41) is 3.51. The summed E-state index contributed by atoms with van der Waals surface area (Å²) in [5.74, 6) is 0.881. The van der Waals surface area contributed by atoms with Gasteiger partial charge in [0.05, 0.1) is 0 Å². The van der Waals surface area contributed by atoms with Crippen molar-refractivity contribution in [2.24, 2.45) is 5.73 Å². The second-order valence-corrected chi connectivity index (χ2v) is 4.85. The van der Waals surface area contributed by atoms with E-state index in [2.05, 4.69) is 17.2 Å². The van der Waals surface area contributed by atoms with Crippen LogP contribution in [0.2, 0.25) is 0 Å². The van der Waals surface area contributed by atoms with Gasteiger partial charge >= 0.3 is 0 Å². The molecule has 0 spiro atoms. The number of hydrogen-bond acceptors (Lipinski definition) is 3. The Morgan fingerprint density at radius 3 is 2.88 bits per heavy atom. The lowest BCUT2D eigenvalue weighted by Crippen LogP contribution is -2.44. The number of nitrogens with one attached hydrogen (secondary N) is 1. The molecule has 1 aliphatic carbocycles. The number of nitrogens with zero attached hydrogens (tertiary/aromatic N) is 1. The summed E-state index contributed by atoms with van der Waals surface area (Å²) in [5.41, 5.74) is 6.73. The smallest absolute Gasteiger partial charge is 0.127 e. The van der Waals surface area contributed by atoms with E-state index >= 15 is 0 Å². The van der Waals surface area contributed by atoms with E-state index in [-0.39, 0.29) is 5.54 Å². The zero-order valence-electron chi connectivity index (χ0n) is 9.49. The molecule has 1 aromatic heterocycles. The molecule has 0 aromatic carbocycles. The predicted octanol–water partition coefficient (Wildman–Crippen LogP) is 2.46. The number of rotatable bonds is 4. The van der Waals surface area contributed by atoms with Gasteiger partial charge in [0.1, 0.15) is 10.8 Å². The highest BCUT2D eigenvalue weighted by atomic mass is 32.1. The minimum atomic E-state index is 0.252. The number of anilines is 1. The van der Waals surface area contributed by atoms with Gasteiger partial charge in [0.15, 0.2) is 0 Å². The fourth-order valence-electron chi connectivity index (χ4n) is 2.09. The van der Waals surface area contributed by atoms with Crippen molar-refractivity contribution in [2.75, 3.05) is 5.32 Å². The number of hydrogen-bond donors (Lipinski definition) is 2. The molecule has 16 heavy (non-hydrogen) atoms. The monoisotopic (exact) mass is 235 g/mol. The summed E-state index contributed by atoms with van der Waals surface area (Å²) >= 11 is 4.96. The van der Waals surface area contributed by atoms with Crippen LogP contribution in [-0.2, 0) is 0 Å². The molecule has 4 heteroatoms. The Kier molecular flexibility index (Phi) is 3.10. The molecule has 0 aliphatic heterocycles. The minimum absolute atomic E-state index is 0.252. The third-order valence-corrected chi connectivity index (χ3v) is 3.66. The fourth-order valence-corrected chi connectivity index (χ4v) is 2.22. The van der Waals surface area contributed by atoms with Crippen LogP contribution in [0.4, 0.5) is 5.82 Å². The molecule has 2 rings (SSSR count). The van der Waals surface area contributed by atoms with Crippen molar-refractivity contribution in [3.8, 4) is 0 Å². The largest absolute Gasteiger partial charge is 0.389 e. The van der Waals surface area contributed by atoms with Crippen molar-refractivity contribution in [3.05, 3.63) is 23.9 Å². The molecule has 1 fully saturated rings. The van der Waals surface area contributed by atoms with E-state index in [1.54, 1.807) is 6.20 Å². The topological polar surface area (TPSA) is 50.9 Å². The van der Waals surface area contributed by atoms with Crippen molar-refractivity contribution < 1.29 is 0 Å². The maximum Gasteiger partial charge on any atom is 0.127 e. The van der Waals surface area contributed by atoms with E-state index < -0.39 is 0 Å². The van der Waals surface area contributed by atoms with Crippen LogP contribution >= 0.6 is 12.2 Å². The molecular weight excluding hydrogens is 218 g/mol. The average Bonchev–Trinajstić information content (AvgIpc) is 2.24. The maximum absolute atomic E-state index is 5.60. The van der Waals surface area contributed by atoms with E-state index in [0.717, 1.165) is 17.8 Å². The van der Waals surface area contributed by atoms with Gasteiger partial charge in [-0.15, -0.1) is 0 Å². The highest BCUT2D eigenvalue weighted by Crippen LogP contribution is 2.37. The molecule has 0 saturated heterocycles. The Bertz CT molecular complexity index is 393. The molecule has 0 unspecified atom stereocenters.